The fourth-order valence-electron chi connectivity index (χ4n) is 7.65. The van der Waals surface area contributed by atoms with E-state index in [4.69, 9.17) is 5.11 Å². The summed E-state index contributed by atoms with van der Waals surface area (Å²) < 4.78 is 40.1. The maximum absolute atomic E-state index is 13.4. The monoisotopic (exact) mass is 514 g/mol. The van der Waals surface area contributed by atoms with Crippen LogP contribution in [0.2, 0.25) is 0 Å². The number of aryl methyl sites for hydroxylation is 1. The molecular formula is C29H33F3N2O3. The highest BCUT2D eigenvalue weighted by atomic mass is 19.4. The van der Waals surface area contributed by atoms with Crippen molar-refractivity contribution in [2.75, 3.05) is 13.6 Å². The highest BCUT2D eigenvalue weighted by molar-refractivity contribution is 5.94. The fraction of sp³-hybridized carbons (Fsp3) is 0.552. The van der Waals surface area contributed by atoms with Gasteiger partial charge in [0.05, 0.1) is 12.0 Å². The molecule has 0 saturated heterocycles. The molecule has 5 nitrogen and oxygen atoms in total. The third-order valence-electron chi connectivity index (χ3n) is 9.47. The Bertz CT molecular complexity index is 1210. The van der Waals surface area contributed by atoms with E-state index in [-0.39, 0.29) is 30.2 Å². The zero-order valence-corrected chi connectivity index (χ0v) is 21.2. The predicted molar refractivity (Wildman–Crippen MR) is 132 cm³/mol. The van der Waals surface area contributed by atoms with Crippen LogP contribution in [0.3, 0.4) is 0 Å². The second-order valence-electron chi connectivity index (χ2n) is 11.4. The van der Waals surface area contributed by atoms with E-state index in [1.165, 1.54) is 22.1 Å². The Morgan fingerprint density at radius 1 is 1.14 bits per heavy atom. The molecule has 2 fully saturated rings. The number of hydrogen-bond acceptors (Lipinski definition) is 3. The van der Waals surface area contributed by atoms with E-state index in [0.29, 0.717) is 28.9 Å². The summed E-state index contributed by atoms with van der Waals surface area (Å²) in [4.78, 5) is 29.1. The topological polar surface area (TPSA) is 70.5 Å². The minimum atomic E-state index is -4.39. The van der Waals surface area contributed by atoms with Crippen LogP contribution in [0.25, 0.3) is 0 Å². The maximum Gasteiger partial charge on any atom is 0.417 e. The lowest BCUT2D eigenvalue weighted by atomic mass is 9.53. The summed E-state index contributed by atoms with van der Waals surface area (Å²) in [6.45, 7) is 2.44. The average Bonchev–Trinajstić information content (AvgIpc) is 3.23. The lowest BCUT2D eigenvalue weighted by Crippen LogP contribution is -2.41. The van der Waals surface area contributed by atoms with Gasteiger partial charge in [0.25, 0.3) is 5.91 Å². The van der Waals surface area contributed by atoms with Gasteiger partial charge in [-0.05, 0) is 103 Å². The molecule has 2 saturated carbocycles. The van der Waals surface area contributed by atoms with Crippen LogP contribution in [0.5, 0.6) is 0 Å². The zero-order valence-electron chi connectivity index (χ0n) is 21.2. The van der Waals surface area contributed by atoms with Crippen LogP contribution in [0.1, 0.15) is 89.9 Å². The average molecular weight is 515 g/mol. The van der Waals surface area contributed by atoms with Crippen LogP contribution in [-0.2, 0) is 17.4 Å². The number of aromatic nitrogens is 1. The van der Waals surface area contributed by atoms with Crippen LogP contribution in [0, 0.1) is 17.3 Å². The molecule has 0 bridgehead atoms. The lowest BCUT2D eigenvalue weighted by Gasteiger charge is -2.51. The van der Waals surface area contributed by atoms with Crippen LogP contribution in [-0.4, -0.2) is 40.5 Å². The van der Waals surface area contributed by atoms with Gasteiger partial charge >= 0.3 is 12.1 Å². The molecule has 1 amide bonds. The molecule has 0 spiro atoms. The summed E-state index contributed by atoms with van der Waals surface area (Å²) in [7, 11) is 1.62. The summed E-state index contributed by atoms with van der Waals surface area (Å²) >= 11 is 0. The quantitative estimate of drug-likeness (QED) is 0.509. The predicted octanol–water partition coefficient (Wildman–Crippen LogP) is 6.29. The first-order valence-corrected chi connectivity index (χ1v) is 13.1. The normalized spacial score (nSPS) is 28.7. The van der Waals surface area contributed by atoms with Crippen molar-refractivity contribution >= 4 is 11.9 Å². The molecule has 37 heavy (non-hydrogen) atoms. The van der Waals surface area contributed by atoms with Crippen LogP contribution in [0.15, 0.2) is 36.7 Å². The van der Waals surface area contributed by atoms with Gasteiger partial charge in [0.2, 0.25) is 0 Å². The Morgan fingerprint density at radius 2 is 1.92 bits per heavy atom. The Morgan fingerprint density at radius 3 is 2.65 bits per heavy atom. The largest absolute Gasteiger partial charge is 0.481 e. The summed E-state index contributed by atoms with van der Waals surface area (Å²) in [6.07, 6.45) is 3.79. The molecule has 1 heterocycles. The third-order valence-corrected chi connectivity index (χ3v) is 9.47. The van der Waals surface area contributed by atoms with Gasteiger partial charge in [-0.2, -0.15) is 13.2 Å². The van der Waals surface area contributed by atoms with Crippen LogP contribution >= 0.6 is 0 Å². The standard InChI is InChI=1S/C29H33F3N2O3/c1-28-11-9-22-21-5-4-18(27(37)34(2)12-10-26(35)36)13-17(21)3-6-23(22)25(28)8-7-24(28)19-14-20(16-33-15-19)29(30,31)32/h4-5,13-16,22-25H,3,6-12H2,1-2H3,(H,35,36)/t22-,23-,24-,25+,28-/m1/s1. The minimum absolute atomic E-state index is 0.0483. The van der Waals surface area contributed by atoms with Crippen molar-refractivity contribution in [3.05, 3.63) is 64.5 Å². The maximum atomic E-state index is 13.4. The number of carbonyl (C=O) groups is 2. The summed E-state index contributed by atoms with van der Waals surface area (Å²) in [5.74, 6) is 0.303. The Balaban J connectivity index is 1.35. The van der Waals surface area contributed by atoms with E-state index in [1.54, 1.807) is 13.2 Å². The summed E-state index contributed by atoms with van der Waals surface area (Å²) in [5, 5.41) is 8.91. The second-order valence-corrected chi connectivity index (χ2v) is 11.4. The number of carboxylic acid groups (broad SMARTS) is 1. The van der Waals surface area contributed by atoms with Gasteiger partial charge in [0.1, 0.15) is 0 Å². The molecule has 3 aliphatic rings. The number of fused-ring (bicyclic) bond motifs is 5. The van der Waals surface area contributed by atoms with Gasteiger partial charge in [-0.3, -0.25) is 14.6 Å². The number of carbonyl (C=O) groups excluding carboxylic acids is 1. The molecule has 1 N–H and O–H groups in total. The van der Waals surface area contributed by atoms with Crippen molar-refractivity contribution in [2.24, 2.45) is 17.3 Å². The van der Waals surface area contributed by atoms with Crippen molar-refractivity contribution in [3.8, 4) is 0 Å². The number of rotatable bonds is 5. The number of hydrogen-bond donors (Lipinski definition) is 1. The van der Waals surface area contributed by atoms with Gasteiger partial charge in [-0.15, -0.1) is 0 Å². The van der Waals surface area contributed by atoms with E-state index in [9.17, 15) is 22.8 Å². The molecule has 0 unspecified atom stereocenters. The van der Waals surface area contributed by atoms with Crippen molar-refractivity contribution in [2.45, 2.75) is 69.9 Å². The van der Waals surface area contributed by atoms with Crippen LogP contribution < -0.4 is 0 Å². The van der Waals surface area contributed by atoms with Gasteiger partial charge < -0.3 is 10.0 Å². The SMILES string of the molecule is CN(CCC(=O)O)C(=O)c1ccc2c(c1)CC[C@@H]1[C@@H]2CC[C@]2(C)[C@@H](c3cncc(C(F)(F)F)c3)CC[C@@H]12. The number of halogens is 3. The highest BCUT2D eigenvalue weighted by Gasteiger charge is 2.55. The van der Waals surface area contributed by atoms with Crippen LogP contribution in [0.4, 0.5) is 13.2 Å². The number of nitrogens with zero attached hydrogens (tertiary/aromatic N) is 2. The van der Waals surface area contributed by atoms with Crippen molar-refractivity contribution in [1.82, 2.24) is 9.88 Å². The second kappa shape index (κ2) is 9.44. The molecular weight excluding hydrogens is 481 g/mol. The van der Waals surface area contributed by atoms with Crippen molar-refractivity contribution < 1.29 is 27.9 Å². The Hall–Kier alpha value is -2.90. The first-order chi connectivity index (χ1) is 17.5. The molecule has 3 aliphatic carbocycles. The summed E-state index contributed by atoms with van der Waals surface area (Å²) in [5.41, 5.74) is 3.07. The number of pyridine rings is 1. The Kier molecular flexibility index (Phi) is 6.57. The molecule has 0 radical (unpaired) electrons. The van der Waals surface area contributed by atoms with Gasteiger partial charge in [-0.25, -0.2) is 0 Å². The smallest absolute Gasteiger partial charge is 0.417 e. The number of aliphatic carboxylic acids is 1. The molecule has 2 aromatic rings. The Labute approximate surface area is 215 Å². The van der Waals surface area contributed by atoms with E-state index < -0.39 is 17.7 Å². The molecule has 1 aromatic heterocycles. The molecule has 5 rings (SSSR count). The van der Waals surface area contributed by atoms with E-state index >= 15 is 0 Å². The van der Waals surface area contributed by atoms with Crippen molar-refractivity contribution in [3.63, 3.8) is 0 Å². The van der Waals surface area contributed by atoms with Gasteiger partial charge in [0.15, 0.2) is 0 Å². The lowest BCUT2D eigenvalue weighted by molar-refractivity contribution is -0.138. The molecule has 8 heteroatoms. The first kappa shape index (κ1) is 25.7. The summed E-state index contributed by atoms with van der Waals surface area (Å²) in [6, 6.07) is 7.22. The molecule has 5 atom stereocenters. The number of benzene rings is 1. The number of amides is 1. The third kappa shape index (κ3) is 4.64. The fourth-order valence-corrected chi connectivity index (χ4v) is 7.65. The molecule has 0 aliphatic heterocycles. The molecule has 1 aromatic carbocycles. The van der Waals surface area contributed by atoms with Crippen molar-refractivity contribution in [1.29, 1.82) is 0 Å². The highest BCUT2D eigenvalue weighted by Crippen LogP contribution is 2.65. The van der Waals surface area contributed by atoms with Gasteiger partial charge in [-0.1, -0.05) is 13.0 Å². The number of carboxylic acids is 1. The minimum Gasteiger partial charge on any atom is -0.481 e. The first-order valence-electron chi connectivity index (χ1n) is 13.1. The molecule has 198 valence electrons. The zero-order chi connectivity index (χ0) is 26.5. The van der Waals surface area contributed by atoms with E-state index in [1.807, 2.05) is 12.1 Å². The number of alkyl halides is 3. The van der Waals surface area contributed by atoms with Gasteiger partial charge in [0, 0.05) is 31.5 Å². The van der Waals surface area contributed by atoms with E-state index in [0.717, 1.165) is 44.7 Å². The van der Waals surface area contributed by atoms with E-state index in [2.05, 4.69) is 18.0 Å².